The lowest BCUT2D eigenvalue weighted by molar-refractivity contribution is -0.133. The van der Waals surface area contributed by atoms with Gasteiger partial charge in [0.1, 0.15) is 21.5 Å². The lowest BCUT2D eigenvalue weighted by Crippen LogP contribution is -2.51. The molecule has 7 heteroatoms. The van der Waals surface area contributed by atoms with Crippen LogP contribution in [0.5, 0.6) is 0 Å². The van der Waals surface area contributed by atoms with Gasteiger partial charge in [0.2, 0.25) is 5.91 Å². The normalized spacial score (nSPS) is 23.2. The maximum atomic E-state index is 14.5. The number of thioether (sulfide) groups is 1. The van der Waals surface area contributed by atoms with Crippen molar-refractivity contribution in [3.05, 3.63) is 77.9 Å². The minimum atomic E-state index is -0.851. The lowest BCUT2D eigenvalue weighted by atomic mass is 9.84. The topological polar surface area (TPSA) is 44.7 Å². The van der Waals surface area contributed by atoms with Crippen molar-refractivity contribution in [3.63, 3.8) is 0 Å². The van der Waals surface area contributed by atoms with E-state index in [2.05, 4.69) is 17.0 Å². The second-order valence-corrected chi connectivity index (χ2v) is 8.02. The standard InChI is InChI=1S/C21H19F2N3OS/c1-3-6-14-12-24-19-8-5-4-7-17(19)21(14)26(13(2)27)25-20(28-21)16-11-15(22)9-10-18(16)23/h3-5,7-11,14,24H,1,6,12H2,2H3. The van der Waals surface area contributed by atoms with Gasteiger partial charge in [-0.15, -0.1) is 6.58 Å². The average Bonchev–Trinajstić information content (AvgIpc) is 3.08. The fourth-order valence-corrected chi connectivity index (χ4v) is 5.43. The fourth-order valence-electron chi connectivity index (χ4n) is 3.86. The number of carbonyl (C=O) groups excluding carboxylic acids is 1. The van der Waals surface area contributed by atoms with Gasteiger partial charge in [0, 0.05) is 36.2 Å². The molecule has 2 atom stereocenters. The van der Waals surface area contributed by atoms with Crippen LogP contribution >= 0.6 is 11.8 Å². The van der Waals surface area contributed by atoms with Gasteiger partial charge in [-0.3, -0.25) is 4.79 Å². The Balaban J connectivity index is 1.90. The number of allylic oxidation sites excluding steroid dienone is 1. The Labute approximate surface area is 166 Å². The zero-order valence-electron chi connectivity index (χ0n) is 15.3. The number of nitrogens with one attached hydrogen (secondary N) is 1. The van der Waals surface area contributed by atoms with E-state index >= 15 is 0 Å². The summed E-state index contributed by atoms with van der Waals surface area (Å²) in [5, 5.41) is 9.57. The van der Waals surface area contributed by atoms with Crippen LogP contribution in [0.2, 0.25) is 0 Å². The Hall–Kier alpha value is -2.67. The van der Waals surface area contributed by atoms with Crippen molar-refractivity contribution in [2.24, 2.45) is 11.0 Å². The first kappa shape index (κ1) is 18.7. The number of fused-ring (bicyclic) bond motifs is 2. The molecule has 0 aliphatic carbocycles. The summed E-state index contributed by atoms with van der Waals surface area (Å²) in [5.74, 6) is -1.43. The van der Waals surface area contributed by atoms with Gasteiger partial charge in [0.15, 0.2) is 0 Å². The van der Waals surface area contributed by atoms with Crippen LogP contribution in [-0.2, 0) is 9.67 Å². The van der Waals surface area contributed by atoms with E-state index in [9.17, 15) is 13.6 Å². The number of hydrogen-bond donors (Lipinski definition) is 1. The number of hydrogen-bond acceptors (Lipinski definition) is 4. The molecule has 1 N–H and O–H groups in total. The van der Waals surface area contributed by atoms with Crippen LogP contribution < -0.4 is 5.32 Å². The Morgan fingerprint density at radius 2 is 2.18 bits per heavy atom. The maximum absolute atomic E-state index is 14.5. The molecule has 0 saturated carbocycles. The molecule has 2 aliphatic heterocycles. The van der Waals surface area contributed by atoms with E-state index in [-0.39, 0.29) is 22.4 Å². The van der Waals surface area contributed by atoms with E-state index in [1.165, 1.54) is 23.7 Å². The molecule has 28 heavy (non-hydrogen) atoms. The van der Waals surface area contributed by atoms with E-state index in [4.69, 9.17) is 0 Å². The van der Waals surface area contributed by atoms with Crippen LogP contribution in [0.25, 0.3) is 0 Å². The highest BCUT2D eigenvalue weighted by Crippen LogP contribution is 2.56. The molecule has 0 aromatic heterocycles. The molecule has 1 amide bonds. The molecule has 144 valence electrons. The monoisotopic (exact) mass is 399 g/mol. The highest BCUT2D eigenvalue weighted by atomic mass is 32.2. The summed E-state index contributed by atoms with van der Waals surface area (Å²) >= 11 is 1.30. The smallest absolute Gasteiger partial charge is 0.241 e. The molecular formula is C21H19F2N3OS. The molecule has 0 radical (unpaired) electrons. The number of para-hydroxylation sites is 1. The molecule has 0 bridgehead atoms. The van der Waals surface area contributed by atoms with Crippen LogP contribution in [0.15, 0.2) is 60.2 Å². The number of carbonyl (C=O) groups is 1. The summed E-state index contributed by atoms with van der Waals surface area (Å²) in [6, 6.07) is 11.0. The second kappa shape index (κ2) is 7.05. The number of benzene rings is 2. The van der Waals surface area contributed by atoms with E-state index in [0.717, 1.165) is 29.4 Å². The van der Waals surface area contributed by atoms with Gasteiger partial charge in [0.25, 0.3) is 0 Å². The highest BCUT2D eigenvalue weighted by Gasteiger charge is 2.55. The molecular weight excluding hydrogens is 380 g/mol. The van der Waals surface area contributed by atoms with Crippen LogP contribution in [0.1, 0.15) is 24.5 Å². The summed E-state index contributed by atoms with van der Waals surface area (Å²) in [7, 11) is 0. The molecule has 2 heterocycles. The molecule has 0 saturated heterocycles. The van der Waals surface area contributed by atoms with Gasteiger partial charge < -0.3 is 5.32 Å². The SMILES string of the molecule is C=CCC1CNc2ccccc2C12SC(c1cc(F)ccc1F)=NN2C(C)=O. The van der Waals surface area contributed by atoms with Crippen molar-refractivity contribution in [3.8, 4) is 0 Å². The molecule has 4 nitrogen and oxygen atoms in total. The Morgan fingerprint density at radius 1 is 1.39 bits per heavy atom. The van der Waals surface area contributed by atoms with Crippen molar-refractivity contribution in [2.45, 2.75) is 18.2 Å². The third-order valence-electron chi connectivity index (χ3n) is 5.07. The minimum Gasteiger partial charge on any atom is -0.384 e. The summed E-state index contributed by atoms with van der Waals surface area (Å²) < 4.78 is 28.2. The van der Waals surface area contributed by atoms with Gasteiger partial charge >= 0.3 is 0 Å². The van der Waals surface area contributed by atoms with Gasteiger partial charge in [0.05, 0.1) is 0 Å². The average molecular weight is 399 g/mol. The quantitative estimate of drug-likeness (QED) is 0.762. The van der Waals surface area contributed by atoms with Gasteiger partial charge in [-0.2, -0.15) is 5.10 Å². The Kier molecular flexibility index (Phi) is 4.71. The van der Waals surface area contributed by atoms with E-state index in [1.54, 1.807) is 0 Å². The van der Waals surface area contributed by atoms with Crippen molar-refractivity contribution < 1.29 is 13.6 Å². The third-order valence-corrected chi connectivity index (χ3v) is 6.60. The van der Waals surface area contributed by atoms with Crippen molar-refractivity contribution in [1.29, 1.82) is 0 Å². The Bertz CT molecular complexity index is 993. The van der Waals surface area contributed by atoms with Crippen LogP contribution in [-0.4, -0.2) is 22.5 Å². The van der Waals surface area contributed by atoms with E-state index < -0.39 is 16.5 Å². The third kappa shape index (κ3) is 2.81. The van der Waals surface area contributed by atoms with Crippen LogP contribution in [0.3, 0.4) is 0 Å². The summed E-state index contributed by atoms with van der Waals surface area (Å²) in [5.41, 5.74) is 1.85. The summed E-state index contributed by atoms with van der Waals surface area (Å²) in [6.07, 6.45) is 2.44. The molecule has 2 aromatic rings. The lowest BCUT2D eigenvalue weighted by Gasteiger charge is -2.45. The molecule has 4 rings (SSSR count). The van der Waals surface area contributed by atoms with Gasteiger partial charge in [-0.25, -0.2) is 13.8 Å². The van der Waals surface area contributed by atoms with Crippen molar-refractivity contribution in [2.75, 3.05) is 11.9 Å². The number of halogens is 2. The van der Waals surface area contributed by atoms with Crippen molar-refractivity contribution >= 4 is 28.4 Å². The zero-order chi connectivity index (χ0) is 19.9. The molecule has 1 spiro atoms. The number of hydrazone groups is 1. The van der Waals surface area contributed by atoms with E-state index in [0.29, 0.717) is 13.0 Å². The van der Waals surface area contributed by atoms with Gasteiger partial charge in [-0.1, -0.05) is 36.0 Å². The first-order valence-corrected chi connectivity index (χ1v) is 9.77. The predicted octanol–water partition coefficient (Wildman–Crippen LogP) is 4.69. The predicted molar refractivity (Wildman–Crippen MR) is 108 cm³/mol. The first-order valence-electron chi connectivity index (χ1n) is 8.95. The largest absolute Gasteiger partial charge is 0.384 e. The number of rotatable bonds is 3. The summed E-state index contributed by atoms with van der Waals surface area (Å²) in [4.78, 5) is 11.7. The fraction of sp³-hybridized carbons (Fsp3) is 0.238. The van der Waals surface area contributed by atoms with Crippen molar-refractivity contribution in [1.82, 2.24) is 5.01 Å². The first-order chi connectivity index (χ1) is 13.5. The molecule has 0 fully saturated rings. The molecule has 2 unspecified atom stereocenters. The van der Waals surface area contributed by atoms with E-state index in [1.807, 2.05) is 30.3 Å². The highest BCUT2D eigenvalue weighted by molar-refractivity contribution is 8.15. The Morgan fingerprint density at radius 3 is 2.93 bits per heavy atom. The molecule has 2 aliphatic rings. The number of anilines is 1. The van der Waals surface area contributed by atoms with Crippen LogP contribution in [0.4, 0.5) is 14.5 Å². The summed E-state index contributed by atoms with van der Waals surface area (Å²) in [6.45, 7) is 5.89. The number of amides is 1. The maximum Gasteiger partial charge on any atom is 0.241 e. The molecule has 2 aromatic carbocycles. The second-order valence-electron chi connectivity index (χ2n) is 6.81. The van der Waals surface area contributed by atoms with Gasteiger partial charge in [-0.05, 0) is 30.7 Å². The van der Waals surface area contributed by atoms with Crippen LogP contribution in [0, 0.1) is 17.6 Å². The number of nitrogens with zero attached hydrogens (tertiary/aromatic N) is 2. The zero-order valence-corrected chi connectivity index (χ0v) is 16.1. The minimum absolute atomic E-state index is 0.0494.